The minimum absolute atomic E-state index is 0.189. The molecule has 12 heteroatoms. The van der Waals surface area contributed by atoms with Gasteiger partial charge >= 0.3 is 0 Å². The van der Waals surface area contributed by atoms with Crippen LogP contribution in [0.15, 0.2) is 48.3 Å². The van der Waals surface area contributed by atoms with Crippen LogP contribution in [0.3, 0.4) is 0 Å². The first-order chi connectivity index (χ1) is 20.3. The first-order valence-corrected chi connectivity index (χ1v) is 14.0. The molecule has 0 atom stereocenters. The van der Waals surface area contributed by atoms with Crippen LogP contribution in [0.1, 0.15) is 42.8 Å². The summed E-state index contributed by atoms with van der Waals surface area (Å²) in [4.78, 5) is 37.1. The van der Waals surface area contributed by atoms with Crippen molar-refractivity contribution in [1.82, 2.24) is 35.0 Å². The van der Waals surface area contributed by atoms with Gasteiger partial charge in [0.1, 0.15) is 17.4 Å². The fraction of sp³-hybridized carbons (Fsp3) is 0.400. The van der Waals surface area contributed by atoms with Crippen molar-refractivity contribution in [1.29, 1.82) is 0 Å². The highest BCUT2D eigenvalue weighted by Gasteiger charge is 2.22. The summed E-state index contributed by atoms with van der Waals surface area (Å²) in [6.07, 6.45) is 5.98. The number of ether oxygens (including phenoxy) is 2. The normalized spacial score (nSPS) is 14.0. The zero-order valence-corrected chi connectivity index (χ0v) is 24.4. The molecule has 0 unspecified atom stereocenters. The summed E-state index contributed by atoms with van der Waals surface area (Å²) in [5.74, 6) is 3.51. The molecular weight excluding hydrogens is 536 g/mol. The number of carbonyl (C=O) groups excluding carboxylic acids is 1. The van der Waals surface area contributed by atoms with E-state index in [0.717, 1.165) is 52.8 Å². The lowest BCUT2D eigenvalue weighted by Gasteiger charge is -2.28. The fourth-order valence-electron chi connectivity index (χ4n) is 4.58. The first kappa shape index (κ1) is 29.1. The number of amides is 1. The van der Waals surface area contributed by atoms with E-state index in [0.29, 0.717) is 50.2 Å². The fourth-order valence-corrected chi connectivity index (χ4v) is 4.58. The zero-order valence-electron chi connectivity index (χ0n) is 24.4. The third kappa shape index (κ3) is 6.72. The number of aryl methyl sites for hydroxylation is 1. The topological polar surface area (TPSA) is 140 Å². The van der Waals surface area contributed by atoms with Crippen molar-refractivity contribution in [3.8, 4) is 17.1 Å². The maximum Gasteiger partial charge on any atom is 0.277 e. The summed E-state index contributed by atoms with van der Waals surface area (Å²) in [7, 11) is 1.98. The molecule has 0 spiro atoms. The number of carbonyl (C=O) groups is 1. The quantitative estimate of drug-likeness (QED) is 0.165. The average Bonchev–Trinajstić information content (AvgIpc) is 3.34. The van der Waals surface area contributed by atoms with Crippen molar-refractivity contribution in [3.63, 3.8) is 0 Å². The van der Waals surface area contributed by atoms with Gasteiger partial charge in [0.15, 0.2) is 22.8 Å². The molecule has 4 aromatic rings. The second kappa shape index (κ2) is 13.0. The van der Waals surface area contributed by atoms with E-state index in [9.17, 15) is 4.79 Å². The van der Waals surface area contributed by atoms with Crippen LogP contribution in [0, 0.1) is 5.92 Å². The Hall–Kier alpha value is -4.42. The molecule has 3 aromatic heterocycles. The van der Waals surface area contributed by atoms with E-state index in [-0.39, 0.29) is 5.56 Å². The summed E-state index contributed by atoms with van der Waals surface area (Å²) in [6, 6.07) is 7.91. The van der Waals surface area contributed by atoms with E-state index in [1.165, 1.54) is 12.4 Å². The van der Waals surface area contributed by atoms with Crippen LogP contribution in [0.2, 0.25) is 0 Å². The van der Waals surface area contributed by atoms with Gasteiger partial charge in [-0.1, -0.05) is 25.5 Å². The van der Waals surface area contributed by atoms with Crippen LogP contribution < -0.4 is 15.1 Å². The van der Waals surface area contributed by atoms with Gasteiger partial charge in [-0.25, -0.2) is 30.4 Å². The van der Waals surface area contributed by atoms with Crippen LogP contribution >= 0.6 is 0 Å². The summed E-state index contributed by atoms with van der Waals surface area (Å²) < 4.78 is 13.5. The number of hydroxylamine groups is 1. The number of allylic oxidation sites excluding steroid dienone is 2. The number of aromatic nitrogens is 6. The largest absolute Gasteiger partial charge is 0.493 e. The third-order valence-corrected chi connectivity index (χ3v) is 6.94. The maximum absolute atomic E-state index is 11.5. The number of rotatable bonds is 10. The van der Waals surface area contributed by atoms with Crippen LogP contribution in [-0.4, -0.2) is 73.5 Å². The molecule has 1 saturated heterocycles. The van der Waals surface area contributed by atoms with Gasteiger partial charge in [0.25, 0.3) is 5.91 Å². The molecule has 5 rings (SSSR count). The maximum atomic E-state index is 11.5. The molecular formula is C30H36N8O4. The molecule has 1 fully saturated rings. The van der Waals surface area contributed by atoms with Gasteiger partial charge in [-0.3, -0.25) is 10.0 Å². The predicted molar refractivity (Wildman–Crippen MR) is 158 cm³/mol. The molecule has 1 aromatic carbocycles. The Bertz CT molecular complexity index is 1560. The van der Waals surface area contributed by atoms with Crippen LogP contribution in [0.5, 0.6) is 5.75 Å². The van der Waals surface area contributed by atoms with Gasteiger partial charge < -0.3 is 18.9 Å². The van der Waals surface area contributed by atoms with Gasteiger partial charge in [0, 0.05) is 50.9 Å². The summed E-state index contributed by atoms with van der Waals surface area (Å²) in [5, 5.41) is 8.77. The van der Waals surface area contributed by atoms with E-state index in [2.05, 4.69) is 34.8 Å². The highest BCUT2D eigenvalue weighted by atomic mass is 16.5. The van der Waals surface area contributed by atoms with Gasteiger partial charge in [0.2, 0.25) is 0 Å². The number of hydrogen-bond donors (Lipinski definition) is 2. The molecule has 1 aliphatic rings. The summed E-state index contributed by atoms with van der Waals surface area (Å²) in [5.41, 5.74) is 5.27. The lowest BCUT2D eigenvalue weighted by Crippen LogP contribution is -2.37. The van der Waals surface area contributed by atoms with Crippen LogP contribution in [0.4, 0.5) is 5.82 Å². The zero-order chi connectivity index (χ0) is 29.6. The lowest BCUT2D eigenvalue weighted by atomic mass is 10.1. The third-order valence-electron chi connectivity index (χ3n) is 6.94. The van der Waals surface area contributed by atoms with E-state index >= 15 is 0 Å². The molecule has 4 heterocycles. The number of fused-ring (bicyclic) bond motifs is 1. The van der Waals surface area contributed by atoms with Gasteiger partial charge in [-0.15, -0.1) is 0 Å². The highest BCUT2D eigenvalue weighted by Crippen LogP contribution is 2.29. The number of benzene rings is 1. The molecule has 42 heavy (non-hydrogen) atoms. The average molecular weight is 573 g/mol. The Kier molecular flexibility index (Phi) is 9.03. The monoisotopic (exact) mass is 572 g/mol. The van der Waals surface area contributed by atoms with E-state index in [1.54, 1.807) is 5.48 Å². The standard InChI is InChI=1S/C30H36N8O4/c1-19(2)18-42-23-8-6-21(7-9-23)27-34-28-26(29(35-27)38-11-13-41-14-12-38)33-25(37(28)4)10-5-20(3)15-24-31-16-22(17-32-24)30(39)36-40/h5-9,16-17,19,40H,10-15,18H2,1-4H3,(H,36,39)/b20-5+. The van der Waals surface area contributed by atoms with Gasteiger partial charge in [0.05, 0.1) is 25.4 Å². The molecule has 0 saturated carbocycles. The van der Waals surface area contributed by atoms with Crippen molar-refractivity contribution in [2.45, 2.75) is 33.6 Å². The number of imidazole rings is 1. The highest BCUT2D eigenvalue weighted by molar-refractivity contribution is 5.92. The smallest absolute Gasteiger partial charge is 0.277 e. The summed E-state index contributed by atoms with van der Waals surface area (Å²) >= 11 is 0. The molecule has 0 radical (unpaired) electrons. The van der Waals surface area contributed by atoms with Crippen molar-refractivity contribution in [3.05, 3.63) is 65.5 Å². The molecule has 0 bridgehead atoms. The Morgan fingerprint density at radius 3 is 2.50 bits per heavy atom. The van der Waals surface area contributed by atoms with Crippen LogP contribution in [-0.2, 0) is 24.6 Å². The number of anilines is 1. The van der Waals surface area contributed by atoms with E-state index < -0.39 is 5.91 Å². The lowest BCUT2D eigenvalue weighted by molar-refractivity contribution is 0.0705. The van der Waals surface area contributed by atoms with E-state index in [4.69, 9.17) is 29.6 Å². The molecule has 220 valence electrons. The molecule has 12 nitrogen and oxygen atoms in total. The number of hydrogen-bond acceptors (Lipinski definition) is 10. The number of morpholine rings is 1. The van der Waals surface area contributed by atoms with Gasteiger partial charge in [-0.05, 0) is 37.1 Å². The minimum Gasteiger partial charge on any atom is -0.493 e. The Balaban J connectivity index is 1.41. The van der Waals surface area contributed by atoms with E-state index in [1.807, 2.05) is 42.8 Å². The molecule has 2 N–H and O–H groups in total. The van der Waals surface area contributed by atoms with Crippen LogP contribution in [0.25, 0.3) is 22.6 Å². The SMILES string of the molecule is C/C(=C\Cc1nc2c(N3CCOCC3)nc(-c3ccc(OCC(C)C)cc3)nc2n1C)Cc1ncc(C(=O)NO)cn1. The van der Waals surface area contributed by atoms with Gasteiger partial charge in [-0.2, -0.15) is 0 Å². The predicted octanol–water partition coefficient (Wildman–Crippen LogP) is 3.54. The molecule has 0 aliphatic carbocycles. The summed E-state index contributed by atoms with van der Waals surface area (Å²) in [6.45, 7) is 9.66. The molecule has 1 amide bonds. The van der Waals surface area contributed by atoms with Crippen molar-refractivity contribution in [2.24, 2.45) is 13.0 Å². The number of nitrogens with one attached hydrogen (secondary N) is 1. The molecule has 1 aliphatic heterocycles. The van der Waals surface area contributed by atoms with Crippen molar-refractivity contribution < 1.29 is 19.5 Å². The Labute approximate surface area is 244 Å². The Morgan fingerprint density at radius 1 is 1.12 bits per heavy atom. The van der Waals surface area contributed by atoms with Crippen molar-refractivity contribution in [2.75, 3.05) is 37.8 Å². The first-order valence-electron chi connectivity index (χ1n) is 14.0. The minimum atomic E-state index is -0.647. The second-order valence-corrected chi connectivity index (χ2v) is 10.7. The number of nitrogens with zero attached hydrogens (tertiary/aromatic N) is 7. The Morgan fingerprint density at radius 2 is 1.83 bits per heavy atom. The van der Waals surface area contributed by atoms with Crippen molar-refractivity contribution >= 4 is 22.9 Å². The second-order valence-electron chi connectivity index (χ2n) is 10.7.